The van der Waals surface area contributed by atoms with Crippen LogP contribution in [0, 0.1) is 0 Å². The summed E-state index contributed by atoms with van der Waals surface area (Å²) < 4.78 is 11.2. The van der Waals surface area contributed by atoms with Crippen molar-refractivity contribution in [2.75, 3.05) is 7.05 Å². The number of aryl methyl sites for hydroxylation is 2. The fourth-order valence-corrected chi connectivity index (χ4v) is 2.43. The second-order valence-electron chi connectivity index (χ2n) is 6.89. The molecule has 0 unspecified atom stereocenters. The van der Waals surface area contributed by atoms with Crippen LogP contribution >= 0.6 is 0 Å². The van der Waals surface area contributed by atoms with Crippen LogP contribution in [0.4, 0.5) is 0 Å². The van der Waals surface area contributed by atoms with Gasteiger partial charge >= 0.3 is 0 Å². The Bertz CT molecular complexity index is 688. The lowest BCUT2D eigenvalue weighted by Crippen LogP contribution is -2.36. The Balaban J connectivity index is 1.93. The summed E-state index contributed by atoms with van der Waals surface area (Å²) in [5.41, 5.74) is 2.05. The van der Waals surface area contributed by atoms with Crippen molar-refractivity contribution < 1.29 is 8.94 Å². The first kappa shape index (κ1) is 19.0. The number of oxazole rings is 1. The van der Waals surface area contributed by atoms with Crippen molar-refractivity contribution in [1.29, 1.82) is 0 Å². The van der Waals surface area contributed by atoms with Gasteiger partial charge in [0.25, 0.3) is 0 Å². The molecule has 2 rings (SSSR count). The molecule has 138 valence electrons. The van der Waals surface area contributed by atoms with E-state index in [1.165, 1.54) is 0 Å². The van der Waals surface area contributed by atoms with Crippen molar-refractivity contribution in [3.63, 3.8) is 0 Å². The number of hydrogen-bond donors (Lipinski definition) is 2. The first-order valence-electron chi connectivity index (χ1n) is 8.75. The molecule has 0 aliphatic carbocycles. The van der Waals surface area contributed by atoms with E-state index in [4.69, 9.17) is 8.94 Å². The van der Waals surface area contributed by atoms with Gasteiger partial charge in [-0.05, 0) is 6.42 Å². The fraction of sp³-hybridized carbons (Fsp3) is 0.611. The molecule has 0 atom stereocenters. The number of guanidine groups is 1. The van der Waals surface area contributed by atoms with Crippen molar-refractivity contribution in [1.82, 2.24) is 20.8 Å². The third-order valence-electron chi connectivity index (χ3n) is 3.96. The normalized spacial score (nSPS) is 12.5. The summed E-state index contributed by atoms with van der Waals surface area (Å²) in [7, 11) is 1.74. The van der Waals surface area contributed by atoms with Crippen molar-refractivity contribution in [3.8, 4) is 0 Å². The quantitative estimate of drug-likeness (QED) is 0.617. The molecule has 0 fully saturated rings. The van der Waals surface area contributed by atoms with Crippen molar-refractivity contribution >= 4 is 5.96 Å². The van der Waals surface area contributed by atoms with Gasteiger partial charge < -0.3 is 19.6 Å². The molecule has 0 aliphatic rings. The van der Waals surface area contributed by atoms with E-state index in [9.17, 15) is 0 Å². The molecule has 2 N–H and O–H groups in total. The van der Waals surface area contributed by atoms with Gasteiger partial charge in [-0.25, -0.2) is 4.98 Å². The van der Waals surface area contributed by atoms with E-state index >= 15 is 0 Å². The van der Waals surface area contributed by atoms with Crippen molar-refractivity contribution in [3.05, 3.63) is 34.9 Å². The van der Waals surface area contributed by atoms with Crippen LogP contribution in [0.3, 0.4) is 0 Å². The van der Waals surface area contributed by atoms with E-state index in [2.05, 4.69) is 60.4 Å². The molecule has 2 heterocycles. The van der Waals surface area contributed by atoms with E-state index in [1.807, 2.05) is 0 Å². The molecule has 0 aromatic carbocycles. The highest BCUT2D eigenvalue weighted by Gasteiger charge is 2.19. The summed E-state index contributed by atoms with van der Waals surface area (Å²) in [6.45, 7) is 11.5. The average molecular weight is 347 g/mol. The second-order valence-corrected chi connectivity index (χ2v) is 6.89. The van der Waals surface area contributed by atoms with Crippen LogP contribution < -0.4 is 10.6 Å². The van der Waals surface area contributed by atoms with Crippen LogP contribution in [0.1, 0.15) is 63.3 Å². The summed E-state index contributed by atoms with van der Waals surface area (Å²) >= 11 is 0. The highest BCUT2D eigenvalue weighted by atomic mass is 16.5. The van der Waals surface area contributed by atoms with Gasteiger partial charge in [0, 0.05) is 31.0 Å². The summed E-state index contributed by atoms with van der Waals surface area (Å²) in [4.78, 5) is 8.56. The Morgan fingerprint density at radius 3 is 2.44 bits per heavy atom. The van der Waals surface area contributed by atoms with Crippen LogP contribution in [-0.2, 0) is 31.3 Å². The molecule has 0 amide bonds. The number of nitrogens with one attached hydrogen (secondary N) is 2. The van der Waals surface area contributed by atoms with Gasteiger partial charge in [-0.3, -0.25) is 4.99 Å². The van der Waals surface area contributed by atoms with Gasteiger partial charge in [-0.15, -0.1) is 0 Å². The maximum absolute atomic E-state index is 5.78. The minimum absolute atomic E-state index is 0.0490. The van der Waals surface area contributed by atoms with Crippen LogP contribution in [-0.4, -0.2) is 23.1 Å². The first-order valence-corrected chi connectivity index (χ1v) is 8.75. The fourth-order valence-electron chi connectivity index (χ4n) is 2.43. The molecule has 7 heteroatoms. The lowest BCUT2D eigenvalue weighted by molar-refractivity contribution is 0.379. The zero-order chi connectivity index (χ0) is 18.4. The Morgan fingerprint density at radius 1 is 1.16 bits per heavy atom. The van der Waals surface area contributed by atoms with Gasteiger partial charge in [0.05, 0.1) is 18.4 Å². The number of nitrogens with zero attached hydrogens (tertiary/aromatic N) is 3. The Morgan fingerprint density at radius 2 is 1.88 bits per heavy atom. The summed E-state index contributed by atoms with van der Waals surface area (Å²) in [5, 5.41) is 10.6. The summed E-state index contributed by atoms with van der Waals surface area (Å²) in [6, 6.07) is 0. The second kappa shape index (κ2) is 8.18. The van der Waals surface area contributed by atoms with Crippen molar-refractivity contribution in [2.24, 2.45) is 4.99 Å². The highest BCUT2D eigenvalue weighted by Crippen LogP contribution is 2.22. The number of hydrogen-bond acceptors (Lipinski definition) is 5. The maximum Gasteiger partial charge on any atom is 0.213 e. The lowest BCUT2D eigenvalue weighted by Gasteiger charge is -2.13. The Labute approximate surface area is 149 Å². The topological polar surface area (TPSA) is 88.5 Å². The lowest BCUT2D eigenvalue weighted by atomic mass is 9.94. The molecule has 0 saturated carbocycles. The van der Waals surface area contributed by atoms with E-state index in [1.54, 1.807) is 13.2 Å². The molecule has 0 aliphatic heterocycles. The summed E-state index contributed by atoms with van der Waals surface area (Å²) in [5.74, 6) is 3.11. The molecule has 7 nitrogen and oxygen atoms in total. The third kappa shape index (κ3) is 4.84. The van der Waals surface area contributed by atoms with E-state index in [0.717, 1.165) is 35.6 Å². The van der Waals surface area contributed by atoms with Crippen LogP contribution in [0.15, 0.2) is 20.1 Å². The molecule has 2 aromatic rings. The van der Waals surface area contributed by atoms with Gasteiger partial charge in [-0.1, -0.05) is 39.8 Å². The van der Waals surface area contributed by atoms with Crippen LogP contribution in [0.5, 0.6) is 0 Å². The van der Waals surface area contributed by atoms with E-state index in [0.29, 0.717) is 24.9 Å². The minimum atomic E-state index is -0.0490. The number of aromatic nitrogens is 2. The van der Waals surface area contributed by atoms with E-state index in [-0.39, 0.29) is 5.41 Å². The third-order valence-corrected chi connectivity index (χ3v) is 3.96. The zero-order valence-corrected chi connectivity index (χ0v) is 16.1. The predicted molar refractivity (Wildman–Crippen MR) is 97.5 cm³/mol. The average Bonchev–Trinajstić information content (AvgIpc) is 3.20. The largest absolute Gasteiger partial charge is 0.443 e. The molecule has 25 heavy (non-hydrogen) atoms. The van der Waals surface area contributed by atoms with Crippen molar-refractivity contribution in [2.45, 2.75) is 66.0 Å². The zero-order valence-electron chi connectivity index (χ0n) is 16.1. The Kier molecular flexibility index (Phi) is 6.22. The number of rotatable bonds is 6. The molecule has 2 aromatic heterocycles. The molecule has 0 radical (unpaired) electrons. The molecule has 0 spiro atoms. The SMILES string of the molecule is CCc1noc(CC)c1CNC(=NC)NCc1ncc(C(C)(C)C)o1. The van der Waals surface area contributed by atoms with Gasteiger partial charge in [-0.2, -0.15) is 0 Å². The van der Waals surface area contributed by atoms with Gasteiger partial charge in [0.1, 0.15) is 11.5 Å². The predicted octanol–water partition coefficient (Wildman–Crippen LogP) is 2.95. The standard InChI is InChI=1S/C18H29N5O2/c1-7-13-12(14(8-2)25-23-13)9-21-17(19-6)22-11-16-20-10-15(24-16)18(3,4)5/h10H,7-9,11H2,1-6H3,(H2,19,21,22). The summed E-state index contributed by atoms with van der Waals surface area (Å²) in [6.07, 6.45) is 3.45. The first-order chi connectivity index (χ1) is 11.9. The molecule has 0 saturated heterocycles. The minimum Gasteiger partial charge on any atom is -0.443 e. The monoisotopic (exact) mass is 347 g/mol. The highest BCUT2D eigenvalue weighted by molar-refractivity contribution is 5.79. The molecule has 0 bridgehead atoms. The van der Waals surface area contributed by atoms with Crippen LogP contribution in [0.2, 0.25) is 0 Å². The number of aliphatic imine (C=N–C) groups is 1. The van der Waals surface area contributed by atoms with Gasteiger partial charge in [0.2, 0.25) is 5.89 Å². The molecular formula is C18H29N5O2. The van der Waals surface area contributed by atoms with E-state index < -0.39 is 0 Å². The van der Waals surface area contributed by atoms with Gasteiger partial charge in [0.15, 0.2) is 5.96 Å². The maximum atomic E-state index is 5.78. The molecular weight excluding hydrogens is 318 g/mol. The Hall–Kier alpha value is -2.31. The van der Waals surface area contributed by atoms with Crippen LogP contribution in [0.25, 0.3) is 0 Å². The smallest absolute Gasteiger partial charge is 0.213 e.